The maximum atomic E-state index is 12.9. The Morgan fingerprint density at radius 2 is 2.20 bits per heavy atom. The molecule has 0 aromatic heterocycles. The summed E-state index contributed by atoms with van der Waals surface area (Å²) in [7, 11) is 0. The quantitative estimate of drug-likeness (QED) is 0.832. The summed E-state index contributed by atoms with van der Waals surface area (Å²) in [6.07, 6.45) is 0.242. The van der Waals surface area contributed by atoms with E-state index in [1.165, 1.54) is 6.07 Å². The molecule has 0 aliphatic heterocycles. The van der Waals surface area contributed by atoms with Gasteiger partial charge in [0.1, 0.15) is 5.82 Å². The molecule has 0 aliphatic rings. The topological polar surface area (TPSA) is 21.3 Å². The van der Waals surface area contributed by atoms with Gasteiger partial charge in [0.15, 0.2) is 0 Å². The summed E-state index contributed by atoms with van der Waals surface area (Å²) in [5, 5.41) is 3.15. The summed E-state index contributed by atoms with van der Waals surface area (Å²) in [4.78, 5) is 0. The van der Waals surface area contributed by atoms with Crippen LogP contribution in [0.4, 0.5) is 10.1 Å². The predicted octanol–water partition coefficient (Wildman–Crippen LogP) is 3.43. The largest absolute Gasteiger partial charge is 0.383 e. The lowest BCUT2D eigenvalue weighted by Crippen LogP contribution is -2.13. The van der Waals surface area contributed by atoms with Gasteiger partial charge in [0.2, 0.25) is 0 Å². The molecule has 0 radical (unpaired) electrons. The van der Waals surface area contributed by atoms with Crippen LogP contribution < -0.4 is 5.32 Å². The van der Waals surface area contributed by atoms with Gasteiger partial charge < -0.3 is 10.1 Å². The van der Waals surface area contributed by atoms with E-state index in [4.69, 9.17) is 4.74 Å². The molecule has 0 aliphatic carbocycles. The van der Waals surface area contributed by atoms with Gasteiger partial charge in [-0.15, -0.1) is 0 Å². The van der Waals surface area contributed by atoms with Gasteiger partial charge in [-0.3, -0.25) is 0 Å². The van der Waals surface area contributed by atoms with E-state index >= 15 is 0 Å². The second-order valence-corrected chi connectivity index (χ2v) is 4.33. The lowest BCUT2D eigenvalue weighted by atomic mass is 10.3. The Labute approximate surface area is 98.0 Å². The van der Waals surface area contributed by atoms with Gasteiger partial charge in [-0.05, 0) is 48.0 Å². The zero-order valence-electron chi connectivity index (χ0n) is 8.89. The average molecular weight is 276 g/mol. The molecule has 0 saturated carbocycles. The standard InChI is InChI=1S/C11H15BrFNO/c1-8(2)15-6-5-14-9-3-4-11(13)10(12)7-9/h3-4,7-8,14H,5-6H2,1-2H3. The average Bonchev–Trinajstić information content (AvgIpc) is 2.18. The van der Waals surface area contributed by atoms with Gasteiger partial charge in [-0.1, -0.05) is 0 Å². The summed E-state index contributed by atoms with van der Waals surface area (Å²) in [6.45, 7) is 5.35. The van der Waals surface area contributed by atoms with Crippen LogP contribution in [0.15, 0.2) is 22.7 Å². The first-order chi connectivity index (χ1) is 7.09. The highest BCUT2D eigenvalue weighted by molar-refractivity contribution is 9.10. The highest BCUT2D eigenvalue weighted by Gasteiger charge is 1.99. The van der Waals surface area contributed by atoms with Crippen LogP contribution in [0.2, 0.25) is 0 Å². The molecule has 0 bridgehead atoms. The van der Waals surface area contributed by atoms with Gasteiger partial charge in [-0.2, -0.15) is 0 Å². The molecule has 0 saturated heterocycles. The predicted molar refractivity (Wildman–Crippen MR) is 63.7 cm³/mol. The molecule has 0 atom stereocenters. The van der Waals surface area contributed by atoms with Crippen LogP contribution in [0.5, 0.6) is 0 Å². The van der Waals surface area contributed by atoms with Crippen molar-refractivity contribution in [2.45, 2.75) is 20.0 Å². The van der Waals surface area contributed by atoms with Crippen molar-refractivity contribution in [3.63, 3.8) is 0 Å². The first-order valence-corrected chi connectivity index (χ1v) is 5.69. The molecule has 4 heteroatoms. The summed E-state index contributed by atoms with van der Waals surface area (Å²) < 4.78 is 18.7. The molecule has 0 heterocycles. The van der Waals surface area contributed by atoms with Crippen molar-refractivity contribution in [3.05, 3.63) is 28.5 Å². The lowest BCUT2D eigenvalue weighted by Gasteiger charge is -2.09. The number of ether oxygens (including phenoxy) is 1. The number of anilines is 1. The number of rotatable bonds is 5. The van der Waals surface area contributed by atoms with Gasteiger partial charge >= 0.3 is 0 Å². The van der Waals surface area contributed by atoms with Crippen LogP contribution in [0.3, 0.4) is 0 Å². The van der Waals surface area contributed by atoms with Crippen molar-refractivity contribution in [2.75, 3.05) is 18.5 Å². The first kappa shape index (κ1) is 12.5. The molecule has 1 rings (SSSR count). The van der Waals surface area contributed by atoms with Crippen LogP contribution in [0.1, 0.15) is 13.8 Å². The minimum atomic E-state index is -0.251. The summed E-state index contributed by atoms with van der Waals surface area (Å²) in [5.74, 6) is -0.251. The van der Waals surface area contributed by atoms with Crippen LogP contribution in [0.25, 0.3) is 0 Å². The van der Waals surface area contributed by atoms with Crippen LogP contribution in [0, 0.1) is 5.82 Å². The molecule has 1 aromatic carbocycles. The molecular formula is C11H15BrFNO. The Hall–Kier alpha value is -0.610. The molecule has 15 heavy (non-hydrogen) atoms. The molecule has 0 spiro atoms. The van der Waals surface area contributed by atoms with Gasteiger partial charge in [0, 0.05) is 12.2 Å². The molecule has 0 amide bonds. The zero-order valence-corrected chi connectivity index (χ0v) is 10.5. The summed E-state index contributed by atoms with van der Waals surface area (Å²) in [5.41, 5.74) is 0.885. The van der Waals surface area contributed by atoms with Crippen molar-refractivity contribution >= 4 is 21.6 Å². The fourth-order valence-corrected chi connectivity index (χ4v) is 1.47. The third kappa shape index (κ3) is 4.62. The zero-order chi connectivity index (χ0) is 11.3. The van der Waals surface area contributed by atoms with Crippen LogP contribution in [-0.2, 0) is 4.74 Å². The number of hydrogen-bond acceptors (Lipinski definition) is 2. The lowest BCUT2D eigenvalue weighted by molar-refractivity contribution is 0.0870. The molecule has 2 nitrogen and oxygen atoms in total. The molecule has 1 N–H and O–H groups in total. The SMILES string of the molecule is CC(C)OCCNc1ccc(F)c(Br)c1. The van der Waals surface area contributed by atoms with E-state index < -0.39 is 0 Å². The normalized spacial score (nSPS) is 10.7. The second kappa shape index (κ2) is 6.08. The van der Waals surface area contributed by atoms with Gasteiger partial charge in [-0.25, -0.2) is 4.39 Å². The van der Waals surface area contributed by atoms with E-state index in [2.05, 4.69) is 21.2 Å². The Bertz CT molecular complexity index is 317. The fourth-order valence-electron chi connectivity index (χ4n) is 1.10. The van der Waals surface area contributed by atoms with E-state index in [-0.39, 0.29) is 11.9 Å². The second-order valence-electron chi connectivity index (χ2n) is 3.48. The highest BCUT2D eigenvalue weighted by Crippen LogP contribution is 2.19. The Morgan fingerprint density at radius 1 is 1.47 bits per heavy atom. The Morgan fingerprint density at radius 3 is 2.80 bits per heavy atom. The summed E-state index contributed by atoms with van der Waals surface area (Å²) in [6, 6.07) is 4.84. The van der Waals surface area contributed by atoms with Crippen molar-refractivity contribution < 1.29 is 9.13 Å². The number of hydrogen-bond donors (Lipinski definition) is 1. The van der Waals surface area contributed by atoms with Crippen molar-refractivity contribution in [3.8, 4) is 0 Å². The summed E-state index contributed by atoms with van der Waals surface area (Å²) >= 11 is 3.13. The number of halogens is 2. The minimum Gasteiger partial charge on any atom is -0.383 e. The van der Waals surface area contributed by atoms with Gasteiger partial charge in [0.25, 0.3) is 0 Å². The highest BCUT2D eigenvalue weighted by atomic mass is 79.9. The monoisotopic (exact) mass is 275 g/mol. The smallest absolute Gasteiger partial charge is 0.137 e. The third-order valence-corrected chi connectivity index (χ3v) is 2.41. The number of nitrogens with one attached hydrogen (secondary N) is 1. The van der Waals surface area contributed by atoms with E-state index in [1.807, 2.05) is 13.8 Å². The van der Waals surface area contributed by atoms with E-state index in [0.29, 0.717) is 11.1 Å². The van der Waals surface area contributed by atoms with Gasteiger partial charge in [0.05, 0.1) is 17.2 Å². The Balaban J connectivity index is 2.35. The van der Waals surface area contributed by atoms with E-state index in [0.717, 1.165) is 12.2 Å². The molecule has 0 unspecified atom stereocenters. The molecule has 84 valence electrons. The maximum absolute atomic E-state index is 12.9. The third-order valence-electron chi connectivity index (χ3n) is 1.80. The minimum absolute atomic E-state index is 0.242. The molecular weight excluding hydrogens is 261 g/mol. The van der Waals surface area contributed by atoms with E-state index in [9.17, 15) is 4.39 Å². The molecule has 0 fully saturated rings. The maximum Gasteiger partial charge on any atom is 0.137 e. The first-order valence-electron chi connectivity index (χ1n) is 4.90. The van der Waals surface area contributed by atoms with Crippen LogP contribution in [-0.4, -0.2) is 19.3 Å². The van der Waals surface area contributed by atoms with Crippen molar-refractivity contribution in [1.29, 1.82) is 0 Å². The molecule has 1 aromatic rings. The fraction of sp³-hybridized carbons (Fsp3) is 0.455. The van der Waals surface area contributed by atoms with Crippen LogP contribution >= 0.6 is 15.9 Å². The Kier molecular flexibility index (Phi) is 5.05. The van der Waals surface area contributed by atoms with E-state index in [1.54, 1.807) is 12.1 Å². The van der Waals surface area contributed by atoms with Crippen molar-refractivity contribution in [2.24, 2.45) is 0 Å². The van der Waals surface area contributed by atoms with Crippen molar-refractivity contribution in [1.82, 2.24) is 0 Å². The number of benzene rings is 1.